The number of carbonyl (C=O) groups is 2. The van der Waals surface area contributed by atoms with Gasteiger partial charge in [0.15, 0.2) is 0 Å². The molecule has 0 saturated heterocycles. The molecule has 0 rings (SSSR count). The van der Waals surface area contributed by atoms with E-state index < -0.39 is 18.2 Å². The summed E-state index contributed by atoms with van der Waals surface area (Å²) < 4.78 is 5.86. The normalized spacial score (nSPS) is 14.6. The smallest absolute Gasteiger partial charge is 0.306 e. The lowest BCUT2D eigenvalue weighted by Crippen LogP contribution is -2.46. The molecule has 0 aliphatic carbocycles. The van der Waals surface area contributed by atoms with Gasteiger partial charge in [-0.25, -0.2) is 0 Å². The lowest BCUT2D eigenvalue weighted by Gasteiger charge is -2.24. The van der Waals surface area contributed by atoms with Crippen LogP contribution < -0.4 is 5.32 Å². The average molecular weight is 854 g/mol. The molecule has 3 N–H and O–H groups in total. The van der Waals surface area contributed by atoms with E-state index in [1.807, 2.05) is 122 Å². The zero-order chi connectivity index (χ0) is 45.2. The van der Waals surface area contributed by atoms with Gasteiger partial charge in [0.1, 0.15) is 6.10 Å². The van der Waals surface area contributed by atoms with Crippen LogP contribution in [0.15, 0.2) is 146 Å². The van der Waals surface area contributed by atoms with Gasteiger partial charge in [0.25, 0.3) is 0 Å². The van der Waals surface area contributed by atoms with Crippen LogP contribution >= 0.6 is 0 Å². The van der Waals surface area contributed by atoms with Crippen LogP contribution in [0.2, 0.25) is 0 Å². The van der Waals surface area contributed by atoms with E-state index in [9.17, 15) is 19.8 Å². The molecule has 346 valence electrons. The summed E-state index contributed by atoms with van der Waals surface area (Å²) in [5.74, 6) is -0.620. The molecule has 62 heavy (non-hydrogen) atoms. The van der Waals surface area contributed by atoms with Crippen molar-refractivity contribution in [3.8, 4) is 0 Å². The van der Waals surface area contributed by atoms with Crippen molar-refractivity contribution in [1.29, 1.82) is 0 Å². The van der Waals surface area contributed by atoms with Gasteiger partial charge in [-0.2, -0.15) is 0 Å². The van der Waals surface area contributed by atoms with Gasteiger partial charge < -0.3 is 20.3 Å². The SMILES string of the molecule is CC\C=C/C=C/C=C/C=C\C=C\C=C\CCCCCC(=O)OC(CCC/C=C/C=C/C=C\C=C\C=C\C=C/CC)CC(=O)NC(CO)C(O)CCCCCCCCCCCCC. The van der Waals surface area contributed by atoms with E-state index in [0.717, 1.165) is 70.6 Å². The number of carbonyl (C=O) groups excluding carboxylic acids is 2. The van der Waals surface area contributed by atoms with Gasteiger partial charge in [-0.3, -0.25) is 9.59 Å². The molecule has 0 aliphatic heterocycles. The van der Waals surface area contributed by atoms with Crippen molar-refractivity contribution in [2.24, 2.45) is 0 Å². The van der Waals surface area contributed by atoms with Crippen LogP contribution in [0.5, 0.6) is 0 Å². The Morgan fingerprint density at radius 2 is 0.887 bits per heavy atom. The second kappa shape index (κ2) is 47.8. The minimum absolute atomic E-state index is 0.00308. The molecule has 0 saturated carbocycles. The second-order valence-corrected chi connectivity index (χ2v) is 15.7. The molecule has 0 heterocycles. The monoisotopic (exact) mass is 854 g/mol. The fraction of sp³-hybridized carbons (Fsp3) is 0.536. The van der Waals surface area contributed by atoms with Gasteiger partial charge in [0.05, 0.1) is 25.2 Å². The van der Waals surface area contributed by atoms with Crippen LogP contribution in [0.25, 0.3) is 0 Å². The van der Waals surface area contributed by atoms with Crippen molar-refractivity contribution >= 4 is 11.9 Å². The van der Waals surface area contributed by atoms with Crippen molar-refractivity contribution in [3.63, 3.8) is 0 Å². The molecule has 6 nitrogen and oxygen atoms in total. The Hall–Kier alpha value is -4.26. The number of unbranched alkanes of at least 4 members (excludes halogenated alkanes) is 14. The summed E-state index contributed by atoms with van der Waals surface area (Å²) in [5, 5.41) is 23.7. The highest BCUT2D eigenvalue weighted by Crippen LogP contribution is 2.16. The van der Waals surface area contributed by atoms with Crippen molar-refractivity contribution in [2.45, 2.75) is 187 Å². The Balaban J connectivity index is 4.89. The topological polar surface area (TPSA) is 95.9 Å². The van der Waals surface area contributed by atoms with Gasteiger partial charge in [-0.15, -0.1) is 0 Å². The van der Waals surface area contributed by atoms with Crippen molar-refractivity contribution < 1.29 is 24.5 Å². The predicted octanol–water partition coefficient (Wildman–Crippen LogP) is 14.4. The van der Waals surface area contributed by atoms with E-state index in [2.05, 4.69) is 50.4 Å². The van der Waals surface area contributed by atoms with Crippen molar-refractivity contribution in [1.82, 2.24) is 5.32 Å². The zero-order valence-electron chi connectivity index (χ0n) is 39.2. The van der Waals surface area contributed by atoms with Gasteiger partial charge in [-0.05, 0) is 57.8 Å². The third-order valence-corrected chi connectivity index (χ3v) is 9.99. The summed E-state index contributed by atoms with van der Waals surface area (Å²) in [5.41, 5.74) is 0. The number of ether oxygens (including phenoxy) is 1. The Labute approximate surface area is 379 Å². The van der Waals surface area contributed by atoms with Crippen LogP contribution in [-0.4, -0.2) is 46.9 Å². The molecular formula is C56H87NO5. The Morgan fingerprint density at radius 1 is 0.484 bits per heavy atom. The summed E-state index contributed by atoms with van der Waals surface area (Å²) >= 11 is 0. The third kappa shape index (κ3) is 42.4. The summed E-state index contributed by atoms with van der Waals surface area (Å²) in [4.78, 5) is 26.1. The third-order valence-electron chi connectivity index (χ3n) is 9.99. The quantitative estimate of drug-likeness (QED) is 0.0324. The minimum atomic E-state index is -0.826. The molecule has 0 aromatic rings. The number of nitrogens with one attached hydrogen (secondary N) is 1. The number of hydrogen-bond donors (Lipinski definition) is 3. The first-order valence-corrected chi connectivity index (χ1v) is 24.2. The van der Waals surface area contributed by atoms with E-state index in [4.69, 9.17) is 4.74 Å². The number of rotatable bonds is 40. The van der Waals surface area contributed by atoms with Gasteiger partial charge in [0, 0.05) is 6.42 Å². The maximum absolute atomic E-state index is 13.2. The number of hydrogen-bond acceptors (Lipinski definition) is 5. The van der Waals surface area contributed by atoms with E-state index in [1.54, 1.807) is 0 Å². The van der Waals surface area contributed by atoms with Gasteiger partial charge in [0.2, 0.25) is 5.91 Å². The Kier molecular flexibility index (Phi) is 44.5. The molecule has 0 fully saturated rings. The fourth-order valence-corrected chi connectivity index (χ4v) is 6.38. The average Bonchev–Trinajstić information content (AvgIpc) is 3.26. The van der Waals surface area contributed by atoms with Crippen LogP contribution in [0.3, 0.4) is 0 Å². The lowest BCUT2D eigenvalue weighted by atomic mass is 10.0. The summed E-state index contributed by atoms with van der Waals surface area (Å²) in [6, 6.07) is -0.746. The van der Waals surface area contributed by atoms with Gasteiger partial charge in [-0.1, -0.05) is 244 Å². The minimum Gasteiger partial charge on any atom is -0.462 e. The van der Waals surface area contributed by atoms with E-state index in [1.165, 1.54) is 51.4 Å². The number of aliphatic hydroxyl groups is 2. The molecule has 0 aromatic heterocycles. The molecule has 0 bridgehead atoms. The van der Waals surface area contributed by atoms with E-state index in [0.29, 0.717) is 19.3 Å². The summed E-state index contributed by atoms with van der Waals surface area (Å²) in [6.07, 6.45) is 69.0. The van der Waals surface area contributed by atoms with Crippen molar-refractivity contribution in [2.75, 3.05) is 6.61 Å². The van der Waals surface area contributed by atoms with Gasteiger partial charge >= 0.3 is 5.97 Å². The highest BCUT2D eigenvalue weighted by Gasteiger charge is 2.24. The number of aliphatic hydroxyl groups excluding tert-OH is 2. The first kappa shape index (κ1) is 57.7. The molecule has 6 heteroatoms. The van der Waals surface area contributed by atoms with Crippen LogP contribution in [0, 0.1) is 0 Å². The first-order chi connectivity index (χ1) is 30.5. The first-order valence-electron chi connectivity index (χ1n) is 24.2. The number of amides is 1. The standard InChI is InChI=1S/C56H87NO5/c1-4-7-10-13-16-19-22-24-26-27-29-31-34-37-40-43-46-49-56(61)62-52(47-44-41-38-35-33-30-28-25-23-20-17-14-11-8-5-2)50-55(60)57-53(51-58)54(59)48-45-42-39-36-32-21-18-15-12-9-6-3/h7-8,10-11,13-14,16-17,19-20,22-31,33-35,38,52-54,58-59H,4-6,9,12,15,18,21,32,36-37,39-51H2,1-3H3,(H,57,60)/b10-7-,11-8-,16-13+,17-14+,22-19+,23-20+,26-24-,28-25-,29-27+,33-30+,34-31+,38-35+. The van der Waals surface area contributed by atoms with Crippen LogP contribution in [0.1, 0.15) is 168 Å². The summed E-state index contributed by atoms with van der Waals surface area (Å²) in [6.45, 7) is 6.12. The van der Waals surface area contributed by atoms with Crippen molar-refractivity contribution in [3.05, 3.63) is 146 Å². The Bertz CT molecular complexity index is 1420. The van der Waals surface area contributed by atoms with E-state index in [-0.39, 0.29) is 24.9 Å². The molecule has 3 unspecified atom stereocenters. The maximum atomic E-state index is 13.2. The molecule has 0 radical (unpaired) electrons. The molecule has 0 aliphatic rings. The highest BCUT2D eigenvalue weighted by atomic mass is 16.5. The largest absolute Gasteiger partial charge is 0.462 e. The number of allylic oxidation sites excluding steroid dienone is 24. The molecule has 0 aromatic carbocycles. The fourth-order valence-electron chi connectivity index (χ4n) is 6.38. The predicted molar refractivity (Wildman–Crippen MR) is 268 cm³/mol. The zero-order valence-corrected chi connectivity index (χ0v) is 39.2. The summed E-state index contributed by atoms with van der Waals surface area (Å²) in [7, 11) is 0. The maximum Gasteiger partial charge on any atom is 0.306 e. The molecule has 1 amide bonds. The Morgan fingerprint density at radius 3 is 1.34 bits per heavy atom. The van der Waals surface area contributed by atoms with E-state index >= 15 is 0 Å². The molecular weight excluding hydrogens is 767 g/mol. The van der Waals surface area contributed by atoms with Crippen LogP contribution in [0.4, 0.5) is 0 Å². The molecule has 0 spiro atoms. The van der Waals surface area contributed by atoms with Crippen LogP contribution in [-0.2, 0) is 14.3 Å². The lowest BCUT2D eigenvalue weighted by molar-refractivity contribution is -0.151. The number of esters is 1. The second-order valence-electron chi connectivity index (χ2n) is 15.7. The highest BCUT2D eigenvalue weighted by molar-refractivity contribution is 5.77. The molecule has 3 atom stereocenters.